The minimum absolute atomic E-state index is 0.0499. The topological polar surface area (TPSA) is 42.0 Å². The summed E-state index contributed by atoms with van der Waals surface area (Å²) in [7, 11) is 7.33. The van der Waals surface area contributed by atoms with Crippen LogP contribution in [-0.2, 0) is 10.2 Å². The Morgan fingerprint density at radius 1 is 0.581 bits per heavy atom. The van der Waals surface area contributed by atoms with E-state index in [1.807, 2.05) is 140 Å². The second kappa shape index (κ2) is 11.5. The molecule has 0 radical (unpaired) electrons. The number of ether oxygens (including phenoxy) is 2. The molecule has 6 rings (SSSR count). The molecule has 1 heterocycles. The molecular weight excluding hydrogens is 532 g/mol. The molecule has 5 heteroatoms. The quantitative estimate of drug-likeness (QED) is 0.193. The molecule has 1 unspecified atom stereocenters. The van der Waals surface area contributed by atoms with Gasteiger partial charge in [-0.2, -0.15) is 0 Å². The highest BCUT2D eigenvalue weighted by Gasteiger charge is 2.56. The van der Waals surface area contributed by atoms with Crippen molar-refractivity contribution in [2.75, 3.05) is 38.1 Å². The number of hydrogen-bond donors (Lipinski definition) is 0. The molecular formula is C38H34N2O3. The van der Waals surface area contributed by atoms with Crippen molar-refractivity contribution in [3.8, 4) is 11.5 Å². The van der Waals surface area contributed by atoms with E-state index in [0.29, 0.717) is 0 Å². The molecule has 0 aliphatic carbocycles. The largest absolute Gasteiger partial charge is 0.497 e. The molecule has 5 nitrogen and oxygen atoms in total. The van der Waals surface area contributed by atoms with Crippen LogP contribution < -0.4 is 19.3 Å². The van der Waals surface area contributed by atoms with Crippen LogP contribution in [-0.4, -0.2) is 34.2 Å². The van der Waals surface area contributed by atoms with Gasteiger partial charge in [0.05, 0.1) is 19.9 Å². The van der Waals surface area contributed by atoms with Gasteiger partial charge in [-0.15, -0.1) is 0 Å². The van der Waals surface area contributed by atoms with E-state index in [0.717, 1.165) is 56.4 Å². The highest BCUT2D eigenvalue weighted by molar-refractivity contribution is 6.30. The summed E-state index contributed by atoms with van der Waals surface area (Å²) in [6.07, 6.45) is 0. The fourth-order valence-corrected chi connectivity index (χ4v) is 6.02. The lowest BCUT2D eigenvalue weighted by Gasteiger charge is -2.33. The first-order valence-electron chi connectivity index (χ1n) is 14.3. The Morgan fingerprint density at radius 2 is 1.09 bits per heavy atom. The lowest BCUT2D eigenvalue weighted by molar-refractivity contribution is -0.119. The third-order valence-electron chi connectivity index (χ3n) is 8.14. The number of anilines is 2. The normalized spacial score (nSPS) is 16.4. The molecule has 1 atom stereocenters. The first-order valence-corrected chi connectivity index (χ1v) is 14.3. The van der Waals surface area contributed by atoms with Crippen LogP contribution in [0.3, 0.4) is 0 Å². The van der Waals surface area contributed by atoms with Gasteiger partial charge in [0.15, 0.2) is 0 Å². The van der Waals surface area contributed by atoms with Crippen LogP contribution in [0.4, 0.5) is 11.4 Å². The molecule has 0 fully saturated rings. The standard InChI is InChI=1S/C38H34N2O3/c1-39(2)31-19-21-32(22-20-31)40-36(28-11-7-5-8-12-28)35(27-15-23-33(42-3)24-16-27)38(37(40)41,29-13-9-6-10-14-29)30-17-25-34(43-4)26-18-30/h5-26H,1-4H3. The maximum atomic E-state index is 15.5. The van der Waals surface area contributed by atoms with Gasteiger partial charge in [0, 0.05) is 31.0 Å². The van der Waals surface area contributed by atoms with Crippen molar-refractivity contribution in [3.05, 3.63) is 156 Å². The van der Waals surface area contributed by atoms with Crippen LogP contribution in [0.25, 0.3) is 11.3 Å². The predicted octanol–water partition coefficient (Wildman–Crippen LogP) is 7.67. The number of rotatable bonds is 8. The summed E-state index contributed by atoms with van der Waals surface area (Å²) in [5.41, 5.74) is 6.06. The minimum Gasteiger partial charge on any atom is -0.497 e. The van der Waals surface area contributed by atoms with Gasteiger partial charge in [0.2, 0.25) is 0 Å². The maximum absolute atomic E-state index is 15.5. The second-order valence-corrected chi connectivity index (χ2v) is 10.7. The van der Waals surface area contributed by atoms with Gasteiger partial charge in [0.25, 0.3) is 5.91 Å². The molecule has 0 saturated carbocycles. The summed E-state index contributed by atoms with van der Waals surface area (Å²) in [6.45, 7) is 0. The molecule has 1 aliphatic heterocycles. The first kappa shape index (κ1) is 27.9. The Kier molecular flexibility index (Phi) is 7.47. The Balaban J connectivity index is 1.75. The van der Waals surface area contributed by atoms with Crippen LogP contribution in [0.2, 0.25) is 0 Å². The van der Waals surface area contributed by atoms with E-state index >= 15 is 4.79 Å². The molecule has 0 bridgehead atoms. The number of methoxy groups -OCH3 is 2. The van der Waals surface area contributed by atoms with Crippen molar-refractivity contribution < 1.29 is 14.3 Å². The summed E-state index contributed by atoms with van der Waals surface area (Å²) in [5, 5.41) is 0. The van der Waals surface area contributed by atoms with Crippen LogP contribution in [0, 0.1) is 0 Å². The lowest BCUT2D eigenvalue weighted by atomic mass is 9.67. The highest BCUT2D eigenvalue weighted by Crippen LogP contribution is 2.56. The third kappa shape index (κ3) is 4.73. The molecule has 0 N–H and O–H groups in total. The molecule has 5 aromatic rings. The van der Waals surface area contributed by atoms with Gasteiger partial charge in [-0.3, -0.25) is 9.69 Å². The Hall–Kier alpha value is -5.29. The van der Waals surface area contributed by atoms with Gasteiger partial charge in [0.1, 0.15) is 16.9 Å². The van der Waals surface area contributed by atoms with E-state index in [1.54, 1.807) is 14.2 Å². The molecule has 0 aromatic heterocycles. The number of carbonyl (C=O) groups is 1. The maximum Gasteiger partial charge on any atom is 0.251 e. The van der Waals surface area contributed by atoms with E-state index in [-0.39, 0.29) is 5.91 Å². The van der Waals surface area contributed by atoms with Crippen molar-refractivity contribution in [1.82, 2.24) is 0 Å². The minimum atomic E-state index is -1.16. The zero-order chi connectivity index (χ0) is 30.0. The van der Waals surface area contributed by atoms with Crippen molar-refractivity contribution >= 4 is 28.6 Å². The van der Waals surface area contributed by atoms with Crippen molar-refractivity contribution in [3.63, 3.8) is 0 Å². The summed E-state index contributed by atoms with van der Waals surface area (Å²) < 4.78 is 11.0. The molecule has 0 spiro atoms. The summed E-state index contributed by atoms with van der Waals surface area (Å²) in [5.74, 6) is 1.43. The summed E-state index contributed by atoms with van der Waals surface area (Å²) in [6, 6.07) is 44.3. The predicted molar refractivity (Wildman–Crippen MR) is 175 cm³/mol. The average molecular weight is 567 g/mol. The van der Waals surface area contributed by atoms with Crippen molar-refractivity contribution in [2.45, 2.75) is 5.41 Å². The van der Waals surface area contributed by atoms with Crippen LogP contribution in [0.1, 0.15) is 22.3 Å². The number of benzene rings is 5. The van der Waals surface area contributed by atoms with Gasteiger partial charge < -0.3 is 14.4 Å². The SMILES string of the molecule is COc1ccc(C2=C(c3ccccc3)N(c3ccc(N(C)C)cc3)C(=O)C2(c2ccccc2)c2ccc(OC)cc2)cc1. The number of nitrogens with zero attached hydrogens (tertiary/aromatic N) is 2. The molecule has 5 aromatic carbocycles. The first-order chi connectivity index (χ1) is 21.0. The third-order valence-corrected chi connectivity index (χ3v) is 8.14. The molecule has 43 heavy (non-hydrogen) atoms. The monoisotopic (exact) mass is 566 g/mol. The summed E-state index contributed by atoms with van der Waals surface area (Å²) in [4.78, 5) is 19.5. The van der Waals surface area contributed by atoms with Gasteiger partial charge in [-0.25, -0.2) is 0 Å². The Bertz CT molecular complexity index is 1750. The molecule has 0 saturated heterocycles. The van der Waals surface area contributed by atoms with E-state index in [9.17, 15) is 0 Å². The average Bonchev–Trinajstić information content (AvgIpc) is 3.35. The Labute approximate surface area is 253 Å². The van der Waals surface area contributed by atoms with Crippen molar-refractivity contribution in [1.29, 1.82) is 0 Å². The fraction of sp³-hybridized carbons (Fsp3) is 0.132. The smallest absolute Gasteiger partial charge is 0.251 e. The van der Waals surface area contributed by atoms with E-state index in [2.05, 4.69) is 17.0 Å². The van der Waals surface area contributed by atoms with Crippen LogP contribution in [0.5, 0.6) is 11.5 Å². The Morgan fingerprint density at radius 3 is 1.63 bits per heavy atom. The van der Waals surface area contributed by atoms with Gasteiger partial charge in [-0.1, -0.05) is 84.9 Å². The number of carbonyl (C=O) groups excluding carboxylic acids is 1. The zero-order valence-corrected chi connectivity index (χ0v) is 24.8. The van der Waals surface area contributed by atoms with Crippen LogP contribution in [0.15, 0.2) is 133 Å². The second-order valence-electron chi connectivity index (χ2n) is 10.7. The highest BCUT2D eigenvalue weighted by atomic mass is 16.5. The number of amides is 1. The molecule has 214 valence electrons. The number of hydrogen-bond acceptors (Lipinski definition) is 4. The van der Waals surface area contributed by atoms with Gasteiger partial charge >= 0.3 is 0 Å². The van der Waals surface area contributed by atoms with E-state index < -0.39 is 5.41 Å². The van der Waals surface area contributed by atoms with Crippen molar-refractivity contribution in [2.24, 2.45) is 0 Å². The van der Waals surface area contributed by atoms with Gasteiger partial charge in [-0.05, 0) is 70.8 Å². The summed E-state index contributed by atoms with van der Waals surface area (Å²) >= 11 is 0. The van der Waals surface area contributed by atoms with Crippen LogP contribution >= 0.6 is 0 Å². The van der Waals surface area contributed by atoms with E-state index in [1.165, 1.54) is 0 Å². The molecule has 1 aliphatic rings. The zero-order valence-electron chi connectivity index (χ0n) is 24.8. The lowest BCUT2D eigenvalue weighted by Crippen LogP contribution is -2.41. The molecule has 1 amide bonds. The fourth-order valence-electron chi connectivity index (χ4n) is 6.02. The van der Waals surface area contributed by atoms with E-state index in [4.69, 9.17) is 9.47 Å².